The molecular formula is C23H22N2O2S. The van der Waals surface area contributed by atoms with Crippen LogP contribution in [0, 0.1) is 6.92 Å². The number of benzene rings is 2. The van der Waals surface area contributed by atoms with Gasteiger partial charge < -0.3 is 5.32 Å². The molecule has 1 aromatic heterocycles. The van der Waals surface area contributed by atoms with E-state index in [4.69, 9.17) is 0 Å². The van der Waals surface area contributed by atoms with Gasteiger partial charge in [0, 0.05) is 35.0 Å². The van der Waals surface area contributed by atoms with Gasteiger partial charge in [0.1, 0.15) is 0 Å². The summed E-state index contributed by atoms with van der Waals surface area (Å²) in [5.41, 5.74) is 6.05. The number of ketones is 1. The minimum atomic E-state index is -0.147. The second-order valence-corrected chi connectivity index (χ2v) is 8.20. The van der Waals surface area contributed by atoms with E-state index in [0.29, 0.717) is 0 Å². The molecule has 0 aliphatic heterocycles. The number of aromatic nitrogens is 1. The highest BCUT2D eigenvalue weighted by Crippen LogP contribution is 2.24. The number of nitrogens with one attached hydrogen (secondary N) is 1. The van der Waals surface area contributed by atoms with Crippen molar-refractivity contribution in [1.29, 1.82) is 0 Å². The topological polar surface area (TPSA) is 59.1 Å². The first-order chi connectivity index (χ1) is 13.6. The van der Waals surface area contributed by atoms with Gasteiger partial charge in [-0.2, -0.15) is 0 Å². The van der Waals surface area contributed by atoms with Crippen molar-refractivity contribution in [2.24, 2.45) is 0 Å². The number of nitrogens with zero attached hydrogens (tertiary/aromatic N) is 1. The van der Waals surface area contributed by atoms with Crippen LogP contribution in [0.3, 0.4) is 0 Å². The van der Waals surface area contributed by atoms with Crippen LogP contribution in [0.25, 0.3) is 11.3 Å². The predicted molar refractivity (Wildman–Crippen MR) is 113 cm³/mol. The van der Waals surface area contributed by atoms with Crippen molar-refractivity contribution < 1.29 is 9.59 Å². The monoisotopic (exact) mass is 390 g/mol. The van der Waals surface area contributed by atoms with Gasteiger partial charge in [-0.15, -0.1) is 11.3 Å². The molecule has 0 radical (unpaired) electrons. The number of fused-ring (bicyclic) bond motifs is 1. The van der Waals surface area contributed by atoms with E-state index in [1.165, 1.54) is 11.1 Å². The summed E-state index contributed by atoms with van der Waals surface area (Å²) in [7, 11) is 0. The Morgan fingerprint density at radius 2 is 1.82 bits per heavy atom. The zero-order chi connectivity index (χ0) is 19.5. The maximum atomic E-state index is 12.4. The molecule has 0 unspecified atom stereocenters. The molecule has 0 saturated heterocycles. The second-order valence-electron chi connectivity index (χ2n) is 7.14. The molecule has 142 valence electrons. The van der Waals surface area contributed by atoms with E-state index < -0.39 is 0 Å². The Labute approximate surface area is 168 Å². The highest BCUT2D eigenvalue weighted by molar-refractivity contribution is 7.09. The molecule has 1 amide bonds. The first-order valence-electron chi connectivity index (χ1n) is 9.56. The average molecular weight is 391 g/mol. The minimum Gasteiger partial charge on any atom is -0.326 e. The molecule has 4 rings (SSSR count). The highest BCUT2D eigenvalue weighted by Gasteiger charge is 2.15. The largest absolute Gasteiger partial charge is 0.326 e. The van der Waals surface area contributed by atoms with Crippen molar-refractivity contribution in [1.82, 2.24) is 4.98 Å². The smallest absolute Gasteiger partial charge is 0.224 e. The average Bonchev–Trinajstić information content (AvgIpc) is 3.35. The summed E-state index contributed by atoms with van der Waals surface area (Å²) in [6.07, 6.45) is 3.72. The Hall–Kier alpha value is -2.79. The van der Waals surface area contributed by atoms with Crippen molar-refractivity contribution in [3.05, 3.63) is 69.5 Å². The molecule has 1 heterocycles. The Balaban J connectivity index is 1.31. The van der Waals surface area contributed by atoms with Gasteiger partial charge in [0.25, 0.3) is 0 Å². The van der Waals surface area contributed by atoms with Crippen LogP contribution in [0.1, 0.15) is 45.8 Å². The van der Waals surface area contributed by atoms with Gasteiger partial charge in [-0.1, -0.05) is 24.3 Å². The summed E-state index contributed by atoms with van der Waals surface area (Å²) >= 11 is 1.62. The first-order valence-corrected chi connectivity index (χ1v) is 10.4. The van der Waals surface area contributed by atoms with Crippen LogP contribution in [-0.2, 0) is 17.6 Å². The molecule has 1 N–H and O–H groups in total. The Morgan fingerprint density at radius 1 is 1.04 bits per heavy atom. The lowest BCUT2D eigenvalue weighted by atomic mass is 10.0. The zero-order valence-electron chi connectivity index (χ0n) is 15.8. The molecule has 0 bridgehead atoms. The van der Waals surface area contributed by atoms with Crippen LogP contribution in [0.5, 0.6) is 0 Å². The predicted octanol–water partition coefficient (Wildman–Crippen LogP) is 5.21. The molecule has 0 spiro atoms. The number of hydrogen-bond donors (Lipinski definition) is 1. The van der Waals surface area contributed by atoms with Gasteiger partial charge in [0.15, 0.2) is 5.78 Å². The fraction of sp³-hybridized carbons (Fsp3) is 0.261. The number of Topliss-reactive ketones (excluding diaryl/α,β-unsaturated/α-hetero) is 1. The van der Waals surface area contributed by atoms with E-state index in [9.17, 15) is 9.59 Å². The van der Waals surface area contributed by atoms with E-state index in [1.807, 2.05) is 48.7 Å². The van der Waals surface area contributed by atoms with Gasteiger partial charge in [-0.05, 0) is 55.5 Å². The lowest BCUT2D eigenvalue weighted by Gasteiger charge is -2.07. The van der Waals surface area contributed by atoms with Crippen LogP contribution in [0.15, 0.2) is 47.8 Å². The molecular weight excluding hydrogens is 368 g/mol. The Kier molecular flexibility index (Phi) is 5.35. The van der Waals surface area contributed by atoms with Gasteiger partial charge in [0.2, 0.25) is 5.91 Å². The molecule has 5 heteroatoms. The van der Waals surface area contributed by atoms with Crippen molar-refractivity contribution >= 4 is 28.7 Å². The Morgan fingerprint density at radius 3 is 2.57 bits per heavy atom. The van der Waals surface area contributed by atoms with Crippen molar-refractivity contribution in [2.45, 2.75) is 39.0 Å². The van der Waals surface area contributed by atoms with E-state index in [-0.39, 0.29) is 24.5 Å². The number of aryl methyl sites for hydroxylation is 3. The molecule has 4 nitrogen and oxygen atoms in total. The summed E-state index contributed by atoms with van der Waals surface area (Å²) < 4.78 is 0. The summed E-state index contributed by atoms with van der Waals surface area (Å²) in [6.45, 7) is 1.98. The van der Waals surface area contributed by atoms with E-state index in [1.54, 1.807) is 11.3 Å². The van der Waals surface area contributed by atoms with Crippen LogP contribution < -0.4 is 5.32 Å². The molecule has 0 fully saturated rings. The lowest BCUT2D eigenvalue weighted by Crippen LogP contribution is -2.13. The third kappa shape index (κ3) is 4.20. The number of carbonyl (C=O) groups excluding carboxylic acids is 2. The van der Waals surface area contributed by atoms with Gasteiger partial charge in [0.05, 0.1) is 10.7 Å². The summed E-state index contributed by atoms with van der Waals surface area (Å²) in [5, 5.41) is 5.91. The number of amides is 1. The van der Waals surface area contributed by atoms with Crippen LogP contribution >= 0.6 is 11.3 Å². The van der Waals surface area contributed by atoms with Crippen LogP contribution in [0.2, 0.25) is 0 Å². The van der Waals surface area contributed by atoms with E-state index in [2.05, 4.69) is 16.4 Å². The number of rotatable bonds is 6. The zero-order valence-corrected chi connectivity index (χ0v) is 16.6. The molecule has 1 aliphatic rings. The molecule has 0 saturated carbocycles. The maximum Gasteiger partial charge on any atom is 0.224 e. The van der Waals surface area contributed by atoms with E-state index in [0.717, 1.165) is 46.8 Å². The van der Waals surface area contributed by atoms with Gasteiger partial charge in [-0.3, -0.25) is 9.59 Å². The summed E-state index contributed by atoms with van der Waals surface area (Å²) in [5.74, 6) is -0.120. The fourth-order valence-electron chi connectivity index (χ4n) is 3.56. The molecule has 28 heavy (non-hydrogen) atoms. The van der Waals surface area contributed by atoms with E-state index >= 15 is 0 Å². The molecule has 3 aromatic rings. The quantitative estimate of drug-likeness (QED) is 0.588. The third-order valence-electron chi connectivity index (χ3n) is 5.08. The summed E-state index contributed by atoms with van der Waals surface area (Å²) in [6, 6.07) is 13.6. The van der Waals surface area contributed by atoms with Crippen LogP contribution in [-0.4, -0.2) is 16.7 Å². The SMILES string of the molecule is Cc1nc(-c2ccc(NC(=O)CCC(=O)c3ccc4c(c3)CCC4)cc2)cs1. The third-order valence-corrected chi connectivity index (χ3v) is 5.86. The number of carbonyl (C=O) groups is 2. The number of thiazole rings is 1. The minimum absolute atomic E-state index is 0.0269. The lowest BCUT2D eigenvalue weighted by molar-refractivity contribution is -0.116. The Bertz CT molecular complexity index is 1020. The van der Waals surface area contributed by atoms with Crippen molar-refractivity contribution in [3.8, 4) is 11.3 Å². The molecule has 1 aliphatic carbocycles. The first kappa shape index (κ1) is 18.6. The second kappa shape index (κ2) is 8.07. The number of hydrogen-bond acceptors (Lipinski definition) is 4. The molecule has 2 aromatic carbocycles. The van der Waals surface area contributed by atoms with Crippen molar-refractivity contribution in [2.75, 3.05) is 5.32 Å². The molecule has 0 atom stereocenters. The normalized spacial score (nSPS) is 12.6. The standard InChI is InChI=1S/C23H22N2O2S/c1-15-24-21(14-28-15)17-7-9-20(10-8-17)25-23(27)12-11-22(26)19-6-5-16-3-2-4-18(16)13-19/h5-10,13-14H,2-4,11-12H2,1H3,(H,25,27). The maximum absolute atomic E-state index is 12.4. The van der Waals surface area contributed by atoms with Crippen LogP contribution in [0.4, 0.5) is 5.69 Å². The van der Waals surface area contributed by atoms with Crippen molar-refractivity contribution in [3.63, 3.8) is 0 Å². The highest BCUT2D eigenvalue weighted by atomic mass is 32.1. The van der Waals surface area contributed by atoms with Gasteiger partial charge >= 0.3 is 0 Å². The van der Waals surface area contributed by atoms with Gasteiger partial charge in [-0.25, -0.2) is 4.98 Å². The fourth-order valence-corrected chi connectivity index (χ4v) is 4.18. The summed E-state index contributed by atoms with van der Waals surface area (Å²) in [4.78, 5) is 29.1. The number of anilines is 1.